The second-order valence-corrected chi connectivity index (χ2v) is 2.70. The van der Waals surface area contributed by atoms with Crippen molar-refractivity contribution in [2.45, 2.75) is 0 Å². The molecule has 13 heavy (non-hydrogen) atoms. The molecule has 0 amide bonds. The third kappa shape index (κ3) is 0.851. The molecule has 6 N–H and O–H groups in total. The number of benzene rings is 1. The fourth-order valence-corrected chi connectivity index (χ4v) is 1.20. The van der Waals surface area contributed by atoms with E-state index >= 15 is 0 Å². The number of nitrogen functional groups attached to an aromatic ring is 3. The quantitative estimate of drug-likeness (QED) is 0.295. The summed E-state index contributed by atoms with van der Waals surface area (Å²) in [6.07, 6.45) is 0.983. The first-order valence-corrected chi connectivity index (χ1v) is 3.55. The summed E-state index contributed by atoms with van der Waals surface area (Å²) in [5.41, 5.74) is 17.9. The lowest BCUT2D eigenvalue weighted by Crippen LogP contribution is -2.23. The second kappa shape index (κ2) is 2.19. The molecular formula is C7H8N4O2. The maximum absolute atomic E-state index is 11.1. The van der Waals surface area contributed by atoms with E-state index in [0.29, 0.717) is 10.4 Å². The minimum atomic E-state index is 0.178. The van der Waals surface area contributed by atoms with E-state index in [-0.39, 0.29) is 22.5 Å². The summed E-state index contributed by atoms with van der Waals surface area (Å²) in [6.45, 7) is 0. The highest BCUT2D eigenvalue weighted by atomic mass is 16.5. The van der Waals surface area contributed by atoms with Crippen LogP contribution in [0.3, 0.4) is 0 Å². The maximum atomic E-state index is 11.1. The Morgan fingerprint density at radius 3 is 2.62 bits per heavy atom. The van der Waals surface area contributed by atoms with Crippen LogP contribution in [0, 0.1) is 5.21 Å². The summed E-state index contributed by atoms with van der Waals surface area (Å²) in [6, 6.07) is 1.46. The van der Waals surface area contributed by atoms with Crippen LogP contribution in [-0.4, -0.2) is 0 Å². The summed E-state index contributed by atoms with van der Waals surface area (Å²) >= 11 is 0. The van der Waals surface area contributed by atoms with E-state index < -0.39 is 0 Å². The fraction of sp³-hybridized carbons (Fsp3) is 0. The number of fused-ring (bicyclic) bond motifs is 1. The average molecular weight is 180 g/mol. The lowest BCUT2D eigenvalue weighted by atomic mass is 10.2. The Morgan fingerprint density at radius 1 is 1.23 bits per heavy atom. The van der Waals surface area contributed by atoms with Gasteiger partial charge in [0.1, 0.15) is 5.69 Å². The summed E-state index contributed by atoms with van der Waals surface area (Å²) in [7, 11) is 0. The number of hydrogen-bond acceptors (Lipinski definition) is 5. The van der Waals surface area contributed by atoms with Crippen LogP contribution >= 0.6 is 0 Å². The van der Waals surface area contributed by atoms with Gasteiger partial charge in [0.2, 0.25) is 5.58 Å². The Hall–Kier alpha value is -2.11. The van der Waals surface area contributed by atoms with Crippen molar-refractivity contribution in [3.63, 3.8) is 0 Å². The molecule has 0 saturated heterocycles. The number of hydrogen-bond donors (Lipinski definition) is 3. The predicted octanol–water partition coefficient (Wildman–Crippen LogP) is -0.187. The highest BCUT2D eigenvalue weighted by molar-refractivity contribution is 5.97. The van der Waals surface area contributed by atoms with E-state index in [1.807, 2.05) is 0 Å². The van der Waals surface area contributed by atoms with E-state index in [2.05, 4.69) is 0 Å². The van der Waals surface area contributed by atoms with Gasteiger partial charge in [0.15, 0.2) is 0 Å². The van der Waals surface area contributed by atoms with Crippen molar-refractivity contribution in [2.75, 3.05) is 17.2 Å². The summed E-state index contributed by atoms with van der Waals surface area (Å²) in [5, 5.41) is 11.1. The van der Waals surface area contributed by atoms with Gasteiger partial charge in [-0.25, -0.2) is 0 Å². The molecule has 2 aromatic rings. The van der Waals surface area contributed by atoms with Gasteiger partial charge >= 0.3 is 6.39 Å². The van der Waals surface area contributed by atoms with Crippen molar-refractivity contribution in [3.05, 3.63) is 17.7 Å². The van der Waals surface area contributed by atoms with Gasteiger partial charge in [-0.05, 0) is 6.07 Å². The minimum absolute atomic E-state index is 0.178. The Bertz CT molecular complexity index is 477. The summed E-state index contributed by atoms with van der Waals surface area (Å²) < 4.78 is 5.40. The fourth-order valence-electron chi connectivity index (χ4n) is 1.20. The smallest absolute Gasteiger partial charge is 0.347 e. The Kier molecular flexibility index (Phi) is 1.27. The zero-order valence-corrected chi connectivity index (χ0v) is 6.65. The topological polar surface area (TPSA) is 118 Å². The molecule has 0 aliphatic heterocycles. The van der Waals surface area contributed by atoms with E-state index in [1.54, 1.807) is 0 Å². The van der Waals surface area contributed by atoms with E-state index in [1.165, 1.54) is 6.07 Å². The van der Waals surface area contributed by atoms with Gasteiger partial charge in [-0.15, -0.1) is 4.73 Å². The standard InChI is InChI=1S/C7H8N4O2/c8-3-1-4(9)7-6(5(3)10)11(12)2-13-7/h1-2H,8-10H2. The number of nitrogens with zero attached hydrogens (tertiary/aromatic N) is 1. The molecule has 0 bridgehead atoms. The Balaban J connectivity index is 3.00. The zero-order chi connectivity index (χ0) is 9.59. The summed E-state index contributed by atoms with van der Waals surface area (Å²) in [4.78, 5) is 0. The number of nitrogens with two attached hydrogens (primary N) is 3. The molecule has 0 aliphatic rings. The molecule has 0 saturated carbocycles. The average Bonchev–Trinajstić information content (AvgIpc) is 2.44. The zero-order valence-electron chi connectivity index (χ0n) is 6.65. The molecule has 68 valence electrons. The van der Waals surface area contributed by atoms with Crippen LogP contribution in [0.5, 0.6) is 0 Å². The van der Waals surface area contributed by atoms with Crippen molar-refractivity contribution < 1.29 is 9.15 Å². The molecule has 6 nitrogen and oxygen atoms in total. The molecule has 1 aromatic heterocycles. The van der Waals surface area contributed by atoms with Crippen LogP contribution in [0.25, 0.3) is 11.1 Å². The Labute approximate surface area is 73.1 Å². The van der Waals surface area contributed by atoms with Crippen LogP contribution < -0.4 is 21.9 Å². The van der Waals surface area contributed by atoms with Crippen LogP contribution in [0.15, 0.2) is 16.9 Å². The van der Waals surface area contributed by atoms with Crippen molar-refractivity contribution >= 4 is 28.2 Å². The second-order valence-electron chi connectivity index (χ2n) is 2.70. The molecule has 0 radical (unpaired) electrons. The third-order valence-corrected chi connectivity index (χ3v) is 1.84. The van der Waals surface area contributed by atoms with Gasteiger partial charge in [-0.2, -0.15) is 0 Å². The third-order valence-electron chi connectivity index (χ3n) is 1.84. The van der Waals surface area contributed by atoms with Crippen LogP contribution in [0.1, 0.15) is 0 Å². The SMILES string of the molecule is Nc1cc(N)c2oc[n+]([O-])c2c1N. The number of oxazole rings is 1. The molecule has 0 spiro atoms. The molecule has 0 aliphatic carbocycles. The molecule has 1 heterocycles. The molecule has 6 heteroatoms. The van der Waals surface area contributed by atoms with Crippen LogP contribution in [0.4, 0.5) is 17.1 Å². The van der Waals surface area contributed by atoms with Crippen LogP contribution in [-0.2, 0) is 0 Å². The highest BCUT2D eigenvalue weighted by Crippen LogP contribution is 2.29. The Morgan fingerprint density at radius 2 is 1.92 bits per heavy atom. The first-order valence-electron chi connectivity index (χ1n) is 3.55. The highest BCUT2D eigenvalue weighted by Gasteiger charge is 2.17. The van der Waals surface area contributed by atoms with E-state index in [9.17, 15) is 5.21 Å². The minimum Gasteiger partial charge on any atom is -0.616 e. The number of anilines is 3. The first-order chi connectivity index (χ1) is 6.11. The lowest BCUT2D eigenvalue weighted by molar-refractivity contribution is -0.582. The molecule has 0 atom stereocenters. The number of aromatic nitrogens is 1. The van der Waals surface area contributed by atoms with Gasteiger partial charge in [-0.3, -0.25) is 0 Å². The van der Waals surface area contributed by atoms with Crippen molar-refractivity contribution in [2.24, 2.45) is 0 Å². The summed E-state index contributed by atoms with van der Waals surface area (Å²) in [5.74, 6) is 0. The maximum Gasteiger partial charge on any atom is 0.347 e. The van der Waals surface area contributed by atoms with E-state index in [4.69, 9.17) is 21.6 Å². The normalized spacial score (nSPS) is 10.8. The van der Waals surface area contributed by atoms with Gasteiger partial charge in [0.05, 0.1) is 11.4 Å². The van der Waals surface area contributed by atoms with Gasteiger partial charge in [0.25, 0.3) is 5.52 Å². The van der Waals surface area contributed by atoms with Gasteiger partial charge < -0.3 is 26.8 Å². The van der Waals surface area contributed by atoms with E-state index in [0.717, 1.165) is 6.39 Å². The van der Waals surface area contributed by atoms with Crippen molar-refractivity contribution in [1.29, 1.82) is 0 Å². The molecule has 0 fully saturated rings. The monoisotopic (exact) mass is 180 g/mol. The first kappa shape index (κ1) is 7.53. The van der Waals surface area contributed by atoms with Gasteiger partial charge in [0, 0.05) is 0 Å². The molecule has 0 unspecified atom stereocenters. The largest absolute Gasteiger partial charge is 0.616 e. The predicted molar refractivity (Wildman–Crippen MR) is 48.4 cm³/mol. The number of rotatable bonds is 0. The van der Waals surface area contributed by atoms with Crippen molar-refractivity contribution in [3.8, 4) is 0 Å². The molecule has 1 aromatic carbocycles. The molecular weight excluding hydrogens is 172 g/mol. The lowest BCUT2D eigenvalue weighted by Gasteiger charge is -2.00. The van der Waals surface area contributed by atoms with Crippen molar-refractivity contribution in [1.82, 2.24) is 0 Å². The van der Waals surface area contributed by atoms with Gasteiger partial charge in [-0.1, -0.05) is 0 Å². The van der Waals surface area contributed by atoms with Crippen LogP contribution in [0.2, 0.25) is 0 Å². The molecule has 2 rings (SSSR count).